The molecule has 0 bridgehead atoms. The van der Waals surface area contributed by atoms with E-state index in [1.54, 1.807) is 12.8 Å². The Hall–Kier alpha value is -0.920. The van der Waals surface area contributed by atoms with Gasteiger partial charge in [-0.05, 0) is 0 Å². The quantitative estimate of drug-likeness (QED) is 0.476. The second-order valence-corrected chi connectivity index (χ2v) is 1.14. The number of rotatable bonds is 0. The van der Waals surface area contributed by atoms with Crippen molar-refractivity contribution in [1.82, 2.24) is 0 Å². The third-order valence-corrected chi connectivity index (χ3v) is 0.509. The van der Waals surface area contributed by atoms with Crippen molar-refractivity contribution in [2.24, 2.45) is 0 Å². The van der Waals surface area contributed by atoms with Crippen molar-refractivity contribution in [1.29, 1.82) is 0 Å². The summed E-state index contributed by atoms with van der Waals surface area (Å²) >= 11 is 0. The first kappa shape index (κ1) is 3.30. The molecule has 1 N–H and O–H groups in total. The molecule has 0 aliphatic rings. The van der Waals surface area contributed by atoms with Gasteiger partial charge in [0.2, 0.25) is 0 Å². The third kappa shape index (κ3) is 7.08. The van der Waals surface area contributed by atoms with Gasteiger partial charge in [-0.1, -0.05) is 24.7 Å². The molecule has 0 saturated carbocycles. The van der Waals surface area contributed by atoms with E-state index in [1.807, 2.05) is 5.92 Å². The van der Waals surface area contributed by atoms with Crippen LogP contribution in [0.15, 0.2) is 0 Å². The SMILES string of the molecule is [2H]C([2H])(O)C#CC([2H])([2H])C#CCC. The second kappa shape index (κ2) is 7.08. The molecule has 0 unspecified atom stereocenters. The molecule has 0 aliphatic heterocycles. The van der Waals surface area contributed by atoms with Crippen LogP contribution in [-0.2, 0) is 0 Å². The van der Waals surface area contributed by atoms with E-state index in [4.69, 9.17) is 10.6 Å². The largest absolute Gasteiger partial charge is 0.384 e. The molecule has 0 heterocycles. The predicted octanol–water partition coefficient (Wildman–Crippen LogP) is 0.786. The lowest BCUT2D eigenvalue weighted by atomic mass is 10.4. The molecule has 0 amide bonds. The van der Waals surface area contributed by atoms with Gasteiger partial charge in [0, 0.05) is 6.42 Å². The van der Waals surface area contributed by atoms with E-state index in [-0.39, 0.29) is 0 Å². The molecule has 9 heavy (non-hydrogen) atoms. The highest BCUT2D eigenvalue weighted by Crippen LogP contribution is 1.72. The first-order valence-corrected chi connectivity index (χ1v) is 2.53. The first-order chi connectivity index (χ1) is 5.77. The fourth-order valence-corrected chi connectivity index (χ4v) is 0.223. The van der Waals surface area contributed by atoms with Crippen molar-refractivity contribution >= 4 is 0 Å². The molecule has 1 nitrogen and oxygen atoms in total. The lowest BCUT2D eigenvalue weighted by molar-refractivity contribution is 0.350. The maximum atomic E-state index is 8.55. The van der Waals surface area contributed by atoms with Crippen molar-refractivity contribution in [3.63, 3.8) is 0 Å². The van der Waals surface area contributed by atoms with Crippen LogP contribution in [0, 0.1) is 23.7 Å². The van der Waals surface area contributed by atoms with Crippen molar-refractivity contribution in [2.45, 2.75) is 19.7 Å². The monoisotopic (exact) mass is 126 g/mol. The van der Waals surface area contributed by atoms with Crippen LogP contribution in [0.3, 0.4) is 0 Å². The highest BCUT2D eigenvalue weighted by Gasteiger charge is 1.64. The zero-order valence-electron chi connectivity index (χ0n) is 9.15. The van der Waals surface area contributed by atoms with E-state index in [9.17, 15) is 0 Å². The van der Waals surface area contributed by atoms with Crippen molar-refractivity contribution in [3.8, 4) is 23.7 Å². The molecule has 0 saturated heterocycles. The standard InChI is InChI=1S/C8H10O/c1-2-3-4-5-6-7-8-9/h9H,2,5,8H2,1H3/i5D2,8D2. The van der Waals surface area contributed by atoms with Gasteiger partial charge in [0.05, 0.1) is 11.9 Å². The Bertz CT molecular complexity index is 281. The summed E-state index contributed by atoms with van der Waals surface area (Å²) in [5.41, 5.74) is 0. The first-order valence-electron chi connectivity index (χ1n) is 4.53. The maximum absolute atomic E-state index is 8.55. The highest BCUT2D eigenvalue weighted by molar-refractivity contribution is 5.11. The van der Waals surface area contributed by atoms with Gasteiger partial charge in [0.25, 0.3) is 0 Å². The highest BCUT2D eigenvalue weighted by atomic mass is 16.2. The average molecular weight is 126 g/mol. The summed E-state index contributed by atoms with van der Waals surface area (Å²) in [7, 11) is 0. The van der Waals surface area contributed by atoms with Gasteiger partial charge < -0.3 is 5.11 Å². The Morgan fingerprint density at radius 2 is 2.00 bits per heavy atom. The molecule has 1 heteroatoms. The fourth-order valence-electron chi connectivity index (χ4n) is 0.223. The van der Waals surface area contributed by atoms with Gasteiger partial charge in [0.1, 0.15) is 6.56 Å². The number of aliphatic hydroxyl groups is 1. The fraction of sp³-hybridized carbons (Fsp3) is 0.500. The van der Waals surface area contributed by atoms with Crippen molar-refractivity contribution in [2.75, 3.05) is 6.56 Å². The summed E-state index contributed by atoms with van der Waals surface area (Å²) in [6.07, 6.45) is -1.56. The van der Waals surface area contributed by atoms with E-state index in [0.717, 1.165) is 0 Å². The van der Waals surface area contributed by atoms with Crippen LogP contribution in [0.25, 0.3) is 0 Å². The smallest absolute Gasteiger partial charge is 0.104 e. The molecule has 0 aromatic heterocycles. The Morgan fingerprint density at radius 3 is 2.56 bits per heavy atom. The Morgan fingerprint density at radius 1 is 1.33 bits per heavy atom. The van der Waals surface area contributed by atoms with Crippen molar-refractivity contribution < 1.29 is 10.6 Å². The molecule has 0 spiro atoms. The van der Waals surface area contributed by atoms with Crippen LogP contribution in [0.5, 0.6) is 0 Å². The van der Waals surface area contributed by atoms with E-state index in [1.165, 1.54) is 0 Å². The third-order valence-electron chi connectivity index (χ3n) is 0.509. The van der Waals surface area contributed by atoms with E-state index in [2.05, 4.69) is 11.8 Å². The van der Waals surface area contributed by atoms with Crippen LogP contribution in [0.2, 0.25) is 0 Å². The minimum atomic E-state index is -2.67. The molecule has 0 aromatic carbocycles. The number of hydrogen-bond acceptors (Lipinski definition) is 1. The molecule has 0 atom stereocenters. The van der Waals surface area contributed by atoms with Gasteiger partial charge in [-0.3, -0.25) is 0 Å². The van der Waals surface area contributed by atoms with Crippen molar-refractivity contribution in [3.05, 3.63) is 0 Å². The zero-order chi connectivity index (χ0) is 10.5. The van der Waals surface area contributed by atoms with E-state index < -0.39 is 12.9 Å². The van der Waals surface area contributed by atoms with Gasteiger partial charge >= 0.3 is 0 Å². The normalized spacial score (nSPS) is 16.2. The van der Waals surface area contributed by atoms with Gasteiger partial charge in [-0.15, -0.1) is 5.92 Å². The van der Waals surface area contributed by atoms with Crippen LogP contribution >= 0.6 is 0 Å². The summed E-state index contributed by atoms with van der Waals surface area (Å²) in [6, 6.07) is 0. The average Bonchev–Trinajstić information content (AvgIpc) is 1.97. The number of hydrogen-bond donors (Lipinski definition) is 1. The lowest BCUT2D eigenvalue weighted by Gasteiger charge is -1.70. The summed E-state index contributed by atoms with van der Waals surface area (Å²) in [5.74, 6) is 8.36. The molecule has 0 rings (SSSR count). The minimum Gasteiger partial charge on any atom is -0.384 e. The second-order valence-electron chi connectivity index (χ2n) is 1.14. The van der Waals surface area contributed by atoms with Gasteiger partial charge in [-0.2, -0.15) is 0 Å². The molecular formula is C8H10O. The minimum absolute atomic E-state index is 0.507. The Labute approximate surface area is 61.7 Å². The summed E-state index contributed by atoms with van der Waals surface area (Å²) in [6.45, 7) is -0.900. The maximum Gasteiger partial charge on any atom is 0.104 e. The van der Waals surface area contributed by atoms with Crippen LogP contribution in [-0.4, -0.2) is 11.7 Å². The summed E-state index contributed by atoms with van der Waals surface area (Å²) in [5, 5.41) is 8.55. The summed E-state index contributed by atoms with van der Waals surface area (Å²) in [4.78, 5) is 0. The zero-order valence-corrected chi connectivity index (χ0v) is 5.15. The molecular weight excluding hydrogens is 112 g/mol. The topological polar surface area (TPSA) is 20.2 Å². The molecule has 0 aromatic rings. The molecule has 0 fully saturated rings. The van der Waals surface area contributed by atoms with Gasteiger partial charge in [0.15, 0.2) is 0 Å². The van der Waals surface area contributed by atoms with Crippen LogP contribution < -0.4 is 0 Å². The summed E-state index contributed by atoms with van der Waals surface area (Å²) < 4.78 is 27.5. The van der Waals surface area contributed by atoms with E-state index >= 15 is 0 Å². The molecule has 0 radical (unpaired) electrons. The Kier molecular flexibility index (Phi) is 2.60. The Balaban J connectivity index is 4.56. The predicted molar refractivity (Wildman–Crippen MR) is 37.5 cm³/mol. The lowest BCUT2D eigenvalue weighted by Crippen LogP contribution is -1.70. The van der Waals surface area contributed by atoms with E-state index in [0.29, 0.717) is 6.42 Å². The van der Waals surface area contributed by atoms with Crippen LogP contribution in [0.1, 0.15) is 25.2 Å². The van der Waals surface area contributed by atoms with Crippen LogP contribution in [0.4, 0.5) is 0 Å². The van der Waals surface area contributed by atoms with Gasteiger partial charge in [-0.25, -0.2) is 0 Å². The molecule has 48 valence electrons. The molecule has 0 aliphatic carbocycles.